The van der Waals surface area contributed by atoms with Crippen molar-refractivity contribution in [3.05, 3.63) is 75.4 Å². The Labute approximate surface area is 158 Å². The molecule has 0 bridgehead atoms. The van der Waals surface area contributed by atoms with Gasteiger partial charge in [0, 0.05) is 17.8 Å². The fourth-order valence-corrected chi connectivity index (χ4v) is 2.68. The number of halogens is 1. The molecule has 0 atom stereocenters. The number of carbonyl (C=O) groups is 2. The van der Waals surface area contributed by atoms with Crippen LogP contribution < -0.4 is 16.4 Å². The summed E-state index contributed by atoms with van der Waals surface area (Å²) >= 11 is 6.16. The molecular formula is C18H15ClN4O4. The van der Waals surface area contributed by atoms with Gasteiger partial charge in [-0.15, -0.1) is 0 Å². The summed E-state index contributed by atoms with van der Waals surface area (Å²) in [5, 5.41) is 4.31. The lowest BCUT2D eigenvalue weighted by molar-refractivity contribution is -0.122. The van der Waals surface area contributed by atoms with Gasteiger partial charge in [0.05, 0.1) is 5.02 Å². The predicted molar refractivity (Wildman–Crippen MR) is 98.0 cm³/mol. The minimum absolute atomic E-state index is 0.153. The highest BCUT2D eigenvalue weighted by Gasteiger charge is 2.23. The van der Waals surface area contributed by atoms with Gasteiger partial charge in [-0.05, 0) is 19.1 Å². The molecule has 8 nitrogen and oxygen atoms in total. The molecule has 2 N–H and O–H groups in total. The first-order valence-electron chi connectivity index (χ1n) is 7.93. The van der Waals surface area contributed by atoms with Crippen LogP contribution in [0.1, 0.15) is 16.1 Å². The van der Waals surface area contributed by atoms with Crippen LogP contribution in [-0.4, -0.2) is 21.5 Å². The second-order valence-electron chi connectivity index (χ2n) is 5.61. The number of nitrogens with zero attached hydrogens (tertiary/aromatic N) is 2. The lowest BCUT2D eigenvalue weighted by Gasteiger charge is -2.09. The van der Waals surface area contributed by atoms with E-state index in [1.807, 2.05) is 0 Å². The summed E-state index contributed by atoms with van der Waals surface area (Å²) in [5.74, 6) is -0.904. The van der Waals surface area contributed by atoms with Gasteiger partial charge in [-0.3, -0.25) is 25.2 Å². The van der Waals surface area contributed by atoms with E-state index in [1.165, 1.54) is 16.8 Å². The number of rotatable bonds is 4. The summed E-state index contributed by atoms with van der Waals surface area (Å²) < 4.78 is 6.33. The smallest absolute Gasteiger partial charge is 0.275 e. The van der Waals surface area contributed by atoms with E-state index in [0.717, 1.165) is 0 Å². The van der Waals surface area contributed by atoms with Crippen LogP contribution in [0.4, 0.5) is 0 Å². The SMILES string of the molecule is Cc1onc(-c2ccccc2Cl)c1C(=O)NNC(=O)Cn1ccccc1=O. The van der Waals surface area contributed by atoms with Gasteiger partial charge in [0.25, 0.3) is 17.4 Å². The monoisotopic (exact) mass is 386 g/mol. The van der Waals surface area contributed by atoms with Crippen LogP contribution in [0.25, 0.3) is 11.3 Å². The summed E-state index contributed by atoms with van der Waals surface area (Å²) in [5.41, 5.74) is 5.19. The molecule has 27 heavy (non-hydrogen) atoms. The molecule has 0 unspecified atom stereocenters. The molecule has 0 saturated heterocycles. The number of nitrogens with one attached hydrogen (secondary N) is 2. The first kappa shape index (κ1) is 18.4. The molecule has 3 rings (SSSR count). The molecule has 0 aliphatic heterocycles. The number of hydrogen-bond donors (Lipinski definition) is 2. The molecule has 2 heterocycles. The zero-order chi connectivity index (χ0) is 19.4. The lowest BCUT2D eigenvalue weighted by atomic mass is 10.1. The summed E-state index contributed by atoms with van der Waals surface area (Å²) in [6, 6.07) is 11.4. The molecule has 0 spiro atoms. The normalized spacial score (nSPS) is 10.4. The van der Waals surface area contributed by atoms with Gasteiger partial charge in [0.15, 0.2) is 0 Å². The van der Waals surface area contributed by atoms with Gasteiger partial charge in [0.2, 0.25) is 0 Å². The fraction of sp³-hybridized carbons (Fsp3) is 0.111. The minimum atomic E-state index is -0.613. The third kappa shape index (κ3) is 4.06. The van der Waals surface area contributed by atoms with Gasteiger partial charge in [-0.2, -0.15) is 0 Å². The molecule has 9 heteroatoms. The number of hydrazine groups is 1. The maximum atomic E-state index is 12.5. The van der Waals surface area contributed by atoms with Gasteiger partial charge in [0.1, 0.15) is 23.6 Å². The van der Waals surface area contributed by atoms with E-state index in [0.29, 0.717) is 10.6 Å². The Morgan fingerprint density at radius 1 is 1.15 bits per heavy atom. The average molecular weight is 387 g/mol. The Morgan fingerprint density at radius 2 is 1.89 bits per heavy atom. The highest BCUT2D eigenvalue weighted by Crippen LogP contribution is 2.30. The largest absolute Gasteiger partial charge is 0.360 e. The lowest BCUT2D eigenvalue weighted by Crippen LogP contribution is -2.44. The summed E-state index contributed by atoms with van der Waals surface area (Å²) in [6.07, 6.45) is 1.48. The van der Waals surface area contributed by atoms with E-state index in [-0.39, 0.29) is 29.1 Å². The molecule has 138 valence electrons. The Balaban J connectivity index is 1.73. The number of aromatic nitrogens is 2. The molecule has 0 aliphatic rings. The van der Waals surface area contributed by atoms with Crippen LogP contribution >= 0.6 is 11.6 Å². The number of hydrogen-bond acceptors (Lipinski definition) is 5. The Kier molecular flexibility index (Phi) is 5.37. The van der Waals surface area contributed by atoms with Gasteiger partial charge in [-0.25, -0.2) is 0 Å². The highest BCUT2D eigenvalue weighted by atomic mass is 35.5. The minimum Gasteiger partial charge on any atom is -0.360 e. The number of benzene rings is 1. The highest BCUT2D eigenvalue weighted by molar-refractivity contribution is 6.33. The van der Waals surface area contributed by atoms with Crippen molar-refractivity contribution >= 4 is 23.4 Å². The van der Waals surface area contributed by atoms with Crippen molar-refractivity contribution in [2.75, 3.05) is 0 Å². The number of carbonyl (C=O) groups excluding carboxylic acids is 2. The van der Waals surface area contributed by atoms with E-state index in [1.54, 1.807) is 43.3 Å². The molecule has 2 amide bonds. The Morgan fingerprint density at radius 3 is 2.63 bits per heavy atom. The molecular weight excluding hydrogens is 372 g/mol. The zero-order valence-electron chi connectivity index (χ0n) is 14.2. The van der Waals surface area contributed by atoms with Crippen molar-refractivity contribution in [2.45, 2.75) is 13.5 Å². The van der Waals surface area contributed by atoms with E-state index in [9.17, 15) is 14.4 Å². The fourth-order valence-electron chi connectivity index (χ4n) is 2.45. The number of pyridine rings is 1. The van der Waals surface area contributed by atoms with Crippen molar-refractivity contribution in [2.24, 2.45) is 0 Å². The van der Waals surface area contributed by atoms with Crippen molar-refractivity contribution in [1.82, 2.24) is 20.6 Å². The van der Waals surface area contributed by atoms with Crippen LogP contribution in [-0.2, 0) is 11.3 Å². The third-order valence-electron chi connectivity index (χ3n) is 3.75. The van der Waals surface area contributed by atoms with Gasteiger partial charge < -0.3 is 9.09 Å². The molecule has 0 saturated carbocycles. The second kappa shape index (κ2) is 7.88. The number of aryl methyl sites for hydroxylation is 1. The molecule has 0 aliphatic carbocycles. The zero-order valence-corrected chi connectivity index (χ0v) is 15.0. The Bertz CT molecular complexity index is 1060. The van der Waals surface area contributed by atoms with Crippen LogP contribution in [0.5, 0.6) is 0 Å². The first-order valence-corrected chi connectivity index (χ1v) is 8.31. The standard InChI is InChI=1S/C18H15ClN4O4/c1-11-16(17(22-27-11)12-6-2-3-7-13(12)19)18(26)21-20-14(24)10-23-9-5-4-8-15(23)25/h2-9H,10H2,1H3,(H,20,24)(H,21,26). The summed E-state index contributed by atoms with van der Waals surface area (Å²) in [6.45, 7) is 1.34. The molecule has 0 radical (unpaired) electrons. The van der Waals surface area contributed by atoms with Gasteiger partial charge >= 0.3 is 0 Å². The van der Waals surface area contributed by atoms with Crippen molar-refractivity contribution in [1.29, 1.82) is 0 Å². The van der Waals surface area contributed by atoms with Crippen LogP contribution in [0, 0.1) is 6.92 Å². The maximum absolute atomic E-state index is 12.5. The average Bonchev–Trinajstić information content (AvgIpc) is 3.03. The maximum Gasteiger partial charge on any atom is 0.275 e. The van der Waals surface area contributed by atoms with Crippen molar-refractivity contribution in [3.8, 4) is 11.3 Å². The molecule has 1 aromatic carbocycles. The number of amides is 2. The van der Waals surface area contributed by atoms with Crippen LogP contribution in [0.3, 0.4) is 0 Å². The quantitative estimate of drug-likeness (QED) is 0.666. The molecule has 0 fully saturated rings. The van der Waals surface area contributed by atoms with Gasteiger partial charge in [-0.1, -0.05) is 41.0 Å². The third-order valence-corrected chi connectivity index (χ3v) is 4.08. The molecule has 2 aromatic heterocycles. The van der Waals surface area contributed by atoms with E-state index in [4.69, 9.17) is 16.1 Å². The first-order chi connectivity index (χ1) is 13.0. The van der Waals surface area contributed by atoms with Crippen LogP contribution in [0.15, 0.2) is 58.0 Å². The Hall–Kier alpha value is -3.39. The summed E-state index contributed by atoms with van der Waals surface area (Å²) in [4.78, 5) is 36.1. The predicted octanol–water partition coefficient (Wildman–Crippen LogP) is 1.93. The van der Waals surface area contributed by atoms with Crippen molar-refractivity contribution in [3.63, 3.8) is 0 Å². The van der Waals surface area contributed by atoms with E-state index >= 15 is 0 Å². The van der Waals surface area contributed by atoms with Crippen LogP contribution in [0.2, 0.25) is 5.02 Å². The molecule has 3 aromatic rings. The summed E-state index contributed by atoms with van der Waals surface area (Å²) in [7, 11) is 0. The van der Waals surface area contributed by atoms with Crippen molar-refractivity contribution < 1.29 is 14.1 Å². The topological polar surface area (TPSA) is 106 Å². The van der Waals surface area contributed by atoms with E-state index < -0.39 is 11.8 Å². The second-order valence-corrected chi connectivity index (χ2v) is 6.02. The van der Waals surface area contributed by atoms with E-state index in [2.05, 4.69) is 16.0 Å².